The van der Waals surface area contributed by atoms with Crippen molar-refractivity contribution in [2.24, 2.45) is 0 Å². The minimum atomic E-state index is -0.130. The van der Waals surface area contributed by atoms with Crippen LogP contribution in [0.5, 0.6) is 0 Å². The number of thioether (sulfide) groups is 1. The summed E-state index contributed by atoms with van der Waals surface area (Å²) in [7, 11) is 0. The summed E-state index contributed by atoms with van der Waals surface area (Å²) < 4.78 is 0.0956. The van der Waals surface area contributed by atoms with Crippen LogP contribution in [0.2, 0.25) is 0 Å². The first kappa shape index (κ1) is 18.1. The molecule has 5 nitrogen and oxygen atoms in total. The second kappa shape index (κ2) is 8.48. The molecule has 7 heteroatoms. The number of aromatic nitrogens is 1. The fraction of sp³-hybridized carbons (Fsp3) is 0.714. The highest BCUT2D eigenvalue weighted by Crippen LogP contribution is 2.30. The molecular formula is C14H26N4OS2. The number of nitrogens with zero attached hydrogens (tertiary/aromatic N) is 1. The van der Waals surface area contributed by atoms with Crippen LogP contribution in [0.1, 0.15) is 49.7 Å². The third kappa shape index (κ3) is 4.78. The predicted octanol–water partition coefficient (Wildman–Crippen LogP) is 3.20. The molecule has 0 radical (unpaired) electrons. The lowest BCUT2D eigenvalue weighted by Crippen LogP contribution is -2.39. The molecule has 0 fully saturated rings. The number of rotatable bonds is 9. The number of nitrogens with one attached hydrogen (secondary N) is 2. The van der Waals surface area contributed by atoms with E-state index in [0.717, 1.165) is 25.8 Å². The van der Waals surface area contributed by atoms with Crippen molar-refractivity contribution in [1.82, 2.24) is 10.3 Å². The maximum absolute atomic E-state index is 12.3. The largest absolute Gasteiger partial charge is 0.382 e. The molecule has 0 atom stereocenters. The van der Waals surface area contributed by atoms with Gasteiger partial charge in [0, 0.05) is 17.8 Å². The number of nitrogens with two attached hydrogens (primary N) is 1. The van der Waals surface area contributed by atoms with Gasteiger partial charge in [0.05, 0.1) is 0 Å². The Morgan fingerprint density at radius 3 is 2.57 bits per heavy atom. The summed E-state index contributed by atoms with van der Waals surface area (Å²) in [5, 5.41) is 6.88. The van der Waals surface area contributed by atoms with Crippen LogP contribution < -0.4 is 16.4 Å². The van der Waals surface area contributed by atoms with Gasteiger partial charge in [0.1, 0.15) is 10.7 Å². The molecule has 21 heavy (non-hydrogen) atoms. The summed E-state index contributed by atoms with van der Waals surface area (Å²) in [4.78, 5) is 17.0. The van der Waals surface area contributed by atoms with Gasteiger partial charge in [0.25, 0.3) is 5.91 Å². The first-order valence-electron chi connectivity index (χ1n) is 7.35. The Bertz CT molecular complexity index is 450. The molecule has 0 bridgehead atoms. The van der Waals surface area contributed by atoms with Gasteiger partial charge in [-0.1, -0.05) is 32.1 Å². The second-order valence-corrected chi connectivity index (χ2v) is 7.21. The quantitative estimate of drug-likeness (QED) is 0.648. The molecule has 0 aliphatic carbocycles. The lowest BCUT2D eigenvalue weighted by atomic mass is 10.0. The van der Waals surface area contributed by atoms with E-state index >= 15 is 0 Å². The van der Waals surface area contributed by atoms with Gasteiger partial charge < -0.3 is 16.4 Å². The van der Waals surface area contributed by atoms with Gasteiger partial charge >= 0.3 is 0 Å². The fourth-order valence-corrected chi connectivity index (χ4v) is 3.61. The normalized spacial score (nSPS) is 11.4. The zero-order valence-corrected chi connectivity index (χ0v) is 14.9. The smallest absolute Gasteiger partial charge is 0.265 e. The van der Waals surface area contributed by atoms with Crippen molar-refractivity contribution in [2.45, 2.75) is 44.8 Å². The molecule has 1 amide bonds. The van der Waals surface area contributed by atoms with Gasteiger partial charge in [0.15, 0.2) is 5.13 Å². The summed E-state index contributed by atoms with van der Waals surface area (Å²) in [5.41, 5.74) is 5.84. The van der Waals surface area contributed by atoms with Crippen molar-refractivity contribution in [3.8, 4) is 0 Å². The highest BCUT2D eigenvalue weighted by Gasteiger charge is 2.26. The van der Waals surface area contributed by atoms with E-state index < -0.39 is 0 Å². The first-order valence-corrected chi connectivity index (χ1v) is 9.39. The van der Waals surface area contributed by atoms with Gasteiger partial charge in [-0.3, -0.25) is 4.79 Å². The van der Waals surface area contributed by atoms with E-state index in [2.05, 4.69) is 42.6 Å². The molecule has 0 saturated carbocycles. The molecule has 0 spiro atoms. The highest BCUT2D eigenvalue weighted by molar-refractivity contribution is 8.00. The van der Waals surface area contributed by atoms with E-state index in [1.165, 1.54) is 11.3 Å². The van der Waals surface area contributed by atoms with Crippen LogP contribution in [0.4, 0.5) is 10.9 Å². The van der Waals surface area contributed by atoms with E-state index in [1.807, 2.05) is 0 Å². The SMILES string of the molecule is CCCNc1nc(N)c(C(=O)NCC(CC)(CC)SC)s1. The van der Waals surface area contributed by atoms with Gasteiger partial charge in [-0.2, -0.15) is 11.8 Å². The molecule has 0 unspecified atom stereocenters. The van der Waals surface area contributed by atoms with E-state index in [0.29, 0.717) is 22.4 Å². The van der Waals surface area contributed by atoms with Crippen molar-refractivity contribution in [1.29, 1.82) is 0 Å². The minimum Gasteiger partial charge on any atom is -0.382 e. The van der Waals surface area contributed by atoms with E-state index in [-0.39, 0.29) is 10.7 Å². The van der Waals surface area contributed by atoms with Crippen LogP contribution in [0.3, 0.4) is 0 Å². The lowest BCUT2D eigenvalue weighted by Gasteiger charge is -2.29. The highest BCUT2D eigenvalue weighted by atomic mass is 32.2. The minimum absolute atomic E-state index is 0.0956. The van der Waals surface area contributed by atoms with Crippen molar-refractivity contribution in [3.05, 3.63) is 4.88 Å². The van der Waals surface area contributed by atoms with Crippen LogP contribution in [0, 0.1) is 0 Å². The topological polar surface area (TPSA) is 80.0 Å². The third-order valence-corrected chi connectivity index (χ3v) is 6.29. The zero-order chi connectivity index (χ0) is 15.9. The van der Waals surface area contributed by atoms with Crippen LogP contribution in [0.15, 0.2) is 0 Å². The summed E-state index contributed by atoms with van der Waals surface area (Å²) in [5.74, 6) is 0.175. The Kier molecular flexibility index (Phi) is 7.31. The summed E-state index contributed by atoms with van der Waals surface area (Å²) in [6, 6.07) is 0. The van der Waals surface area contributed by atoms with Crippen LogP contribution in [-0.2, 0) is 0 Å². The number of nitrogen functional groups attached to an aromatic ring is 1. The first-order chi connectivity index (χ1) is 10.0. The van der Waals surface area contributed by atoms with Gasteiger partial charge in [-0.15, -0.1) is 0 Å². The van der Waals surface area contributed by atoms with Crippen LogP contribution >= 0.6 is 23.1 Å². The standard InChI is InChI=1S/C14H26N4OS2/c1-5-8-16-13-18-11(15)10(21-13)12(19)17-9-14(6-2,7-3)20-4/h5-9,15H2,1-4H3,(H,16,18)(H,17,19). The van der Waals surface area contributed by atoms with Gasteiger partial charge in [-0.25, -0.2) is 4.98 Å². The molecule has 0 aliphatic rings. The maximum Gasteiger partial charge on any atom is 0.265 e. The summed E-state index contributed by atoms with van der Waals surface area (Å²) in [6.45, 7) is 7.86. The fourth-order valence-electron chi connectivity index (χ4n) is 1.98. The summed E-state index contributed by atoms with van der Waals surface area (Å²) >= 11 is 3.12. The van der Waals surface area contributed by atoms with Gasteiger partial charge in [-0.05, 0) is 25.5 Å². The summed E-state index contributed by atoms with van der Waals surface area (Å²) in [6.07, 6.45) is 5.14. The number of anilines is 2. The predicted molar refractivity (Wildman–Crippen MR) is 94.5 cm³/mol. The van der Waals surface area contributed by atoms with Crippen molar-refractivity contribution in [2.75, 3.05) is 30.4 Å². The molecule has 1 rings (SSSR count). The number of carbonyl (C=O) groups excluding carboxylic acids is 1. The molecule has 1 aromatic rings. The molecule has 1 aromatic heterocycles. The van der Waals surface area contributed by atoms with Crippen LogP contribution in [0.25, 0.3) is 0 Å². The average molecular weight is 331 g/mol. The Morgan fingerprint density at radius 2 is 2.05 bits per heavy atom. The number of hydrogen-bond acceptors (Lipinski definition) is 6. The maximum atomic E-state index is 12.3. The van der Waals surface area contributed by atoms with E-state index in [9.17, 15) is 4.79 Å². The lowest BCUT2D eigenvalue weighted by molar-refractivity contribution is 0.0953. The second-order valence-electron chi connectivity index (χ2n) is 4.94. The number of carbonyl (C=O) groups is 1. The molecule has 4 N–H and O–H groups in total. The van der Waals surface area contributed by atoms with Gasteiger partial charge in [0.2, 0.25) is 0 Å². The number of amides is 1. The van der Waals surface area contributed by atoms with Crippen molar-refractivity contribution >= 4 is 40.0 Å². The van der Waals surface area contributed by atoms with Crippen molar-refractivity contribution < 1.29 is 4.79 Å². The number of thiazole rings is 1. The average Bonchev–Trinajstić information content (AvgIpc) is 2.88. The Morgan fingerprint density at radius 1 is 1.38 bits per heavy atom. The Labute approximate surface area is 135 Å². The Hall–Kier alpha value is -0.950. The third-order valence-electron chi connectivity index (χ3n) is 3.68. The molecule has 0 aromatic carbocycles. The number of hydrogen-bond donors (Lipinski definition) is 3. The van der Waals surface area contributed by atoms with E-state index in [1.54, 1.807) is 11.8 Å². The molecule has 1 heterocycles. The molecule has 0 aliphatic heterocycles. The van der Waals surface area contributed by atoms with Crippen LogP contribution in [-0.4, -0.2) is 35.0 Å². The molecule has 0 saturated heterocycles. The van der Waals surface area contributed by atoms with Crippen molar-refractivity contribution in [3.63, 3.8) is 0 Å². The monoisotopic (exact) mass is 330 g/mol. The molecule has 120 valence electrons. The van der Waals surface area contributed by atoms with E-state index in [4.69, 9.17) is 5.73 Å². The Balaban J connectivity index is 2.69. The molecular weight excluding hydrogens is 304 g/mol. The zero-order valence-electron chi connectivity index (χ0n) is 13.3.